The van der Waals surface area contributed by atoms with Crippen molar-refractivity contribution in [3.8, 4) is 5.75 Å². The molecule has 0 unspecified atom stereocenters. The topological polar surface area (TPSA) is 21.3 Å². The Labute approximate surface area is 146 Å². The summed E-state index contributed by atoms with van der Waals surface area (Å²) in [6.07, 6.45) is 0.935. The minimum atomic E-state index is 0.500. The van der Waals surface area contributed by atoms with Gasteiger partial charge in [0.05, 0.1) is 22.3 Å². The summed E-state index contributed by atoms with van der Waals surface area (Å²) in [4.78, 5) is 0. The Kier molecular flexibility index (Phi) is 4.55. The van der Waals surface area contributed by atoms with Crippen molar-refractivity contribution in [1.29, 1.82) is 0 Å². The molecule has 0 fully saturated rings. The number of rotatable bonds is 3. The Bertz CT molecular complexity index is 683. The van der Waals surface area contributed by atoms with Gasteiger partial charge in [0.25, 0.3) is 0 Å². The van der Waals surface area contributed by atoms with E-state index >= 15 is 0 Å². The number of anilines is 1. The van der Waals surface area contributed by atoms with Crippen LogP contribution in [-0.2, 0) is 13.0 Å². The Morgan fingerprint density at radius 2 is 1.81 bits per heavy atom. The van der Waals surface area contributed by atoms with Gasteiger partial charge in [0.1, 0.15) is 5.75 Å². The Morgan fingerprint density at radius 1 is 1.10 bits per heavy atom. The molecule has 6 heteroatoms. The Morgan fingerprint density at radius 3 is 2.52 bits per heavy atom. The molecule has 0 aromatic heterocycles. The van der Waals surface area contributed by atoms with Gasteiger partial charge in [-0.2, -0.15) is 0 Å². The number of hydrogen-bond donors (Lipinski definition) is 1. The van der Waals surface area contributed by atoms with Crippen LogP contribution in [0.15, 0.2) is 28.7 Å². The smallest absolute Gasteiger partial charge is 0.127 e. The first-order valence-corrected chi connectivity index (χ1v) is 8.30. The third-order valence-electron chi connectivity index (χ3n) is 3.29. The molecule has 0 atom stereocenters. The zero-order chi connectivity index (χ0) is 15.0. The quantitative estimate of drug-likeness (QED) is 0.678. The van der Waals surface area contributed by atoms with E-state index in [1.807, 2.05) is 6.07 Å². The minimum Gasteiger partial charge on any atom is -0.493 e. The molecule has 1 aliphatic heterocycles. The highest BCUT2D eigenvalue weighted by Crippen LogP contribution is 2.36. The molecule has 0 amide bonds. The fourth-order valence-corrected chi connectivity index (χ4v) is 3.88. The second-order valence-corrected chi connectivity index (χ2v) is 6.92. The van der Waals surface area contributed by atoms with E-state index in [2.05, 4.69) is 27.3 Å². The van der Waals surface area contributed by atoms with Gasteiger partial charge >= 0.3 is 0 Å². The van der Waals surface area contributed by atoms with Crippen molar-refractivity contribution in [3.05, 3.63) is 54.9 Å². The predicted octanol–water partition coefficient (Wildman–Crippen LogP) is 5.96. The van der Waals surface area contributed by atoms with Gasteiger partial charge in [-0.05, 0) is 29.8 Å². The van der Waals surface area contributed by atoms with Crippen LogP contribution in [0, 0.1) is 0 Å². The average molecular weight is 408 g/mol. The normalized spacial score (nSPS) is 13.0. The van der Waals surface area contributed by atoms with Gasteiger partial charge in [-0.25, -0.2) is 0 Å². The average Bonchev–Trinajstić information content (AvgIpc) is 2.85. The van der Waals surface area contributed by atoms with Crippen LogP contribution >= 0.6 is 50.7 Å². The predicted molar refractivity (Wildman–Crippen MR) is 92.1 cm³/mol. The van der Waals surface area contributed by atoms with E-state index in [0.29, 0.717) is 27.3 Å². The maximum absolute atomic E-state index is 6.18. The second-order valence-electron chi connectivity index (χ2n) is 4.75. The zero-order valence-electron chi connectivity index (χ0n) is 10.9. The molecular formula is C15H11BrCl3NO. The highest BCUT2D eigenvalue weighted by molar-refractivity contribution is 9.10. The van der Waals surface area contributed by atoms with Crippen LogP contribution in [0.4, 0.5) is 5.69 Å². The lowest BCUT2D eigenvalue weighted by atomic mass is 10.1. The molecular weight excluding hydrogens is 396 g/mol. The summed E-state index contributed by atoms with van der Waals surface area (Å²) in [6.45, 7) is 1.30. The Balaban J connectivity index is 1.86. The standard InChI is InChI=1S/C15H11BrCl3NO/c16-10-3-8-1-2-21-15(8)9(4-10)7-20-14-12(18)5-11(17)6-13(14)19/h3-6,20H,1-2,7H2. The summed E-state index contributed by atoms with van der Waals surface area (Å²) in [6, 6.07) is 7.46. The lowest BCUT2D eigenvalue weighted by Crippen LogP contribution is -2.03. The first-order chi connectivity index (χ1) is 10.0. The maximum Gasteiger partial charge on any atom is 0.127 e. The zero-order valence-corrected chi connectivity index (χ0v) is 14.7. The highest BCUT2D eigenvalue weighted by atomic mass is 79.9. The fourth-order valence-electron chi connectivity index (χ4n) is 2.37. The fraction of sp³-hybridized carbons (Fsp3) is 0.200. The molecule has 1 N–H and O–H groups in total. The van der Waals surface area contributed by atoms with Crippen LogP contribution in [0.2, 0.25) is 15.1 Å². The second kappa shape index (κ2) is 6.25. The first-order valence-electron chi connectivity index (χ1n) is 6.37. The first kappa shape index (κ1) is 15.3. The van der Waals surface area contributed by atoms with E-state index in [-0.39, 0.29) is 0 Å². The summed E-state index contributed by atoms with van der Waals surface area (Å²) in [5.74, 6) is 0.951. The lowest BCUT2D eigenvalue weighted by Gasteiger charge is -2.13. The van der Waals surface area contributed by atoms with Gasteiger partial charge in [-0.1, -0.05) is 50.7 Å². The molecule has 3 rings (SSSR count). The molecule has 1 heterocycles. The van der Waals surface area contributed by atoms with Gasteiger partial charge in [-0.3, -0.25) is 0 Å². The summed E-state index contributed by atoms with van der Waals surface area (Å²) in [5, 5.41) is 4.77. The largest absolute Gasteiger partial charge is 0.493 e. The summed E-state index contributed by atoms with van der Waals surface area (Å²) >= 11 is 21.8. The van der Waals surface area contributed by atoms with Gasteiger partial charge in [-0.15, -0.1) is 0 Å². The van der Waals surface area contributed by atoms with Crippen LogP contribution in [0.5, 0.6) is 5.75 Å². The molecule has 2 aromatic rings. The molecule has 0 spiro atoms. The van der Waals surface area contributed by atoms with Crippen LogP contribution in [-0.4, -0.2) is 6.61 Å². The molecule has 21 heavy (non-hydrogen) atoms. The van der Waals surface area contributed by atoms with Crippen molar-refractivity contribution in [2.45, 2.75) is 13.0 Å². The highest BCUT2D eigenvalue weighted by Gasteiger charge is 2.18. The van der Waals surface area contributed by atoms with E-state index in [4.69, 9.17) is 39.5 Å². The van der Waals surface area contributed by atoms with Crippen LogP contribution < -0.4 is 10.1 Å². The van der Waals surface area contributed by atoms with Crippen molar-refractivity contribution < 1.29 is 4.74 Å². The lowest BCUT2D eigenvalue weighted by molar-refractivity contribution is 0.354. The summed E-state index contributed by atoms with van der Waals surface area (Å²) in [5.41, 5.74) is 2.96. The molecule has 2 nitrogen and oxygen atoms in total. The monoisotopic (exact) mass is 405 g/mol. The summed E-state index contributed by atoms with van der Waals surface area (Å²) < 4.78 is 6.74. The van der Waals surface area contributed by atoms with Crippen molar-refractivity contribution in [2.24, 2.45) is 0 Å². The van der Waals surface area contributed by atoms with E-state index in [1.54, 1.807) is 12.1 Å². The van der Waals surface area contributed by atoms with E-state index in [1.165, 1.54) is 5.56 Å². The van der Waals surface area contributed by atoms with Crippen LogP contribution in [0.3, 0.4) is 0 Å². The maximum atomic E-state index is 6.18. The van der Waals surface area contributed by atoms with Gasteiger partial charge in [0.2, 0.25) is 0 Å². The number of nitrogens with one attached hydrogen (secondary N) is 1. The van der Waals surface area contributed by atoms with Crippen LogP contribution in [0.25, 0.3) is 0 Å². The van der Waals surface area contributed by atoms with E-state index in [9.17, 15) is 0 Å². The number of hydrogen-bond acceptors (Lipinski definition) is 2. The number of fused-ring (bicyclic) bond motifs is 1. The molecule has 0 aliphatic carbocycles. The molecule has 2 aromatic carbocycles. The van der Waals surface area contributed by atoms with Crippen molar-refractivity contribution in [1.82, 2.24) is 0 Å². The molecule has 1 aliphatic rings. The van der Waals surface area contributed by atoms with Gasteiger partial charge in [0, 0.05) is 28.0 Å². The van der Waals surface area contributed by atoms with Gasteiger partial charge in [0.15, 0.2) is 0 Å². The SMILES string of the molecule is Clc1cc(Cl)c(NCc2cc(Br)cc3c2OCC3)c(Cl)c1. The number of halogens is 4. The molecule has 0 saturated carbocycles. The van der Waals surface area contributed by atoms with E-state index < -0.39 is 0 Å². The molecule has 110 valence electrons. The molecule has 0 bridgehead atoms. The van der Waals surface area contributed by atoms with Crippen molar-refractivity contribution >= 4 is 56.4 Å². The minimum absolute atomic E-state index is 0.500. The summed E-state index contributed by atoms with van der Waals surface area (Å²) in [7, 11) is 0. The van der Waals surface area contributed by atoms with Crippen molar-refractivity contribution in [3.63, 3.8) is 0 Å². The Hall–Kier alpha value is -0.610. The van der Waals surface area contributed by atoms with Crippen molar-refractivity contribution in [2.75, 3.05) is 11.9 Å². The van der Waals surface area contributed by atoms with Gasteiger partial charge < -0.3 is 10.1 Å². The third-order valence-corrected chi connectivity index (χ3v) is 4.56. The molecule has 0 radical (unpaired) electrons. The molecule has 0 saturated heterocycles. The third kappa shape index (κ3) is 3.26. The van der Waals surface area contributed by atoms with Crippen LogP contribution in [0.1, 0.15) is 11.1 Å². The van der Waals surface area contributed by atoms with E-state index in [0.717, 1.165) is 28.8 Å². The number of benzene rings is 2. The number of ether oxygens (including phenoxy) is 1.